The zero-order valence-corrected chi connectivity index (χ0v) is 16.3. The van der Waals surface area contributed by atoms with Gasteiger partial charge in [0, 0.05) is 24.9 Å². The molecule has 3 rings (SSSR count). The summed E-state index contributed by atoms with van der Waals surface area (Å²) < 4.78 is 10.2. The molecular weight excluding hydrogens is 356 g/mol. The summed E-state index contributed by atoms with van der Waals surface area (Å²) in [6.07, 6.45) is 1.80. The molecule has 0 aromatic heterocycles. The molecule has 2 amide bonds. The van der Waals surface area contributed by atoms with Crippen molar-refractivity contribution in [2.45, 2.75) is 25.3 Å². The Morgan fingerprint density at radius 1 is 1.11 bits per heavy atom. The van der Waals surface area contributed by atoms with E-state index in [-0.39, 0.29) is 11.8 Å². The first kappa shape index (κ1) is 19.9. The van der Waals surface area contributed by atoms with Gasteiger partial charge in [0.05, 0.1) is 20.1 Å². The highest BCUT2D eigenvalue weighted by Crippen LogP contribution is 2.30. The number of benzene rings is 2. The maximum Gasteiger partial charge on any atom is 0.247 e. The largest absolute Gasteiger partial charge is 0.497 e. The van der Waals surface area contributed by atoms with Gasteiger partial charge in [-0.15, -0.1) is 0 Å². The summed E-state index contributed by atoms with van der Waals surface area (Å²) in [7, 11) is 3.20. The summed E-state index contributed by atoms with van der Waals surface area (Å²) in [6, 6.07) is 14.9. The molecular formula is C22H26N2O4. The number of amides is 2. The molecule has 2 aromatic carbocycles. The van der Waals surface area contributed by atoms with Gasteiger partial charge < -0.3 is 19.7 Å². The number of carbonyl (C=O) groups excluding carboxylic acids is 2. The van der Waals surface area contributed by atoms with E-state index in [2.05, 4.69) is 5.32 Å². The summed E-state index contributed by atoms with van der Waals surface area (Å²) in [4.78, 5) is 27.0. The van der Waals surface area contributed by atoms with Crippen LogP contribution in [0.25, 0.3) is 11.1 Å². The smallest absolute Gasteiger partial charge is 0.247 e. The van der Waals surface area contributed by atoms with Gasteiger partial charge in [-0.25, -0.2) is 0 Å². The molecule has 0 bridgehead atoms. The standard InChI is InChI=1S/C22H26N2O4/c1-27-15-13-21(25)24-14-5-8-20(24)22(26)23-19-7-4-3-6-18(19)16-9-11-17(28-2)12-10-16/h3-4,6-7,9-12,20H,5,8,13-15H2,1-2H3,(H,23,26)/t20-/m0/s1. The summed E-state index contributed by atoms with van der Waals surface area (Å²) >= 11 is 0. The molecule has 1 fully saturated rings. The van der Waals surface area contributed by atoms with Gasteiger partial charge in [-0.2, -0.15) is 0 Å². The van der Waals surface area contributed by atoms with Crippen LogP contribution in [0.5, 0.6) is 5.75 Å². The van der Waals surface area contributed by atoms with Crippen LogP contribution in [-0.4, -0.2) is 50.1 Å². The van der Waals surface area contributed by atoms with Gasteiger partial charge in [0.15, 0.2) is 0 Å². The highest BCUT2D eigenvalue weighted by atomic mass is 16.5. The maximum atomic E-state index is 12.9. The third-order valence-electron chi connectivity index (χ3n) is 4.98. The van der Waals surface area contributed by atoms with Gasteiger partial charge in [-0.3, -0.25) is 9.59 Å². The molecule has 1 aliphatic heterocycles. The van der Waals surface area contributed by atoms with Gasteiger partial charge in [-0.1, -0.05) is 30.3 Å². The first-order chi connectivity index (χ1) is 13.6. The van der Waals surface area contributed by atoms with Gasteiger partial charge in [0.1, 0.15) is 11.8 Å². The Labute approximate surface area is 165 Å². The summed E-state index contributed by atoms with van der Waals surface area (Å²) in [5.41, 5.74) is 2.64. The lowest BCUT2D eigenvalue weighted by Crippen LogP contribution is -2.43. The van der Waals surface area contributed by atoms with Crippen LogP contribution in [0, 0.1) is 0 Å². The molecule has 28 heavy (non-hydrogen) atoms. The number of carbonyl (C=O) groups is 2. The number of para-hydroxylation sites is 1. The van der Waals surface area contributed by atoms with E-state index in [0.29, 0.717) is 26.0 Å². The molecule has 1 heterocycles. The fourth-order valence-corrected chi connectivity index (χ4v) is 3.50. The number of hydrogen-bond acceptors (Lipinski definition) is 4. The van der Waals surface area contributed by atoms with E-state index in [1.807, 2.05) is 48.5 Å². The number of anilines is 1. The van der Waals surface area contributed by atoms with Crippen LogP contribution < -0.4 is 10.1 Å². The van der Waals surface area contributed by atoms with Crippen LogP contribution >= 0.6 is 0 Å². The van der Waals surface area contributed by atoms with Crippen LogP contribution in [0.3, 0.4) is 0 Å². The Morgan fingerprint density at radius 3 is 2.57 bits per heavy atom. The van der Waals surface area contributed by atoms with Crippen LogP contribution in [0.15, 0.2) is 48.5 Å². The SMILES string of the molecule is COCCC(=O)N1CCC[C@H]1C(=O)Nc1ccccc1-c1ccc(OC)cc1. The fourth-order valence-electron chi connectivity index (χ4n) is 3.50. The Kier molecular flexibility index (Phi) is 6.66. The first-order valence-electron chi connectivity index (χ1n) is 9.46. The van der Waals surface area contributed by atoms with E-state index >= 15 is 0 Å². The quantitative estimate of drug-likeness (QED) is 0.798. The molecule has 1 saturated heterocycles. The number of rotatable bonds is 7. The average Bonchev–Trinajstić information content (AvgIpc) is 3.23. The average molecular weight is 382 g/mol. The first-order valence-corrected chi connectivity index (χ1v) is 9.46. The van der Waals surface area contributed by atoms with Crippen LogP contribution in [0.1, 0.15) is 19.3 Å². The second-order valence-electron chi connectivity index (χ2n) is 6.75. The maximum absolute atomic E-state index is 12.9. The molecule has 1 atom stereocenters. The van der Waals surface area contributed by atoms with Crippen molar-refractivity contribution in [3.05, 3.63) is 48.5 Å². The van der Waals surface area contributed by atoms with Crippen molar-refractivity contribution in [1.29, 1.82) is 0 Å². The molecule has 6 heteroatoms. The fraction of sp³-hybridized carbons (Fsp3) is 0.364. The van der Waals surface area contributed by atoms with E-state index in [1.54, 1.807) is 19.1 Å². The van der Waals surface area contributed by atoms with E-state index in [9.17, 15) is 9.59 Å². The van der Waals surface area contributed by atoms with Crippen molar-refractivity contribution < 1.29 is 19.1 Å². The molecule has 0 spiro atoms. The molecule has 2 aromatic rings. The van der Waals surface area contributed by atoms with Gasteiger partial charge in [0.2, 0.25) is 11.8 Å². The summed E-state index contributed by atoms with van der Waals surface area (Å²) in [6.45, 7) is 0.977. The van der Waals surface area contributed by atoms with Crippen molar-refractivity contribution in [2.75, 3.05) is 32.7 Å². The lowest BCUT2D eigenvalue weighted by Gasteiger charge is -2.24. The second-order valence-corrected chi connectivity index (χ2v) is 6.75. The number of methoxy groups -OCH3 is 2. The van der Waals surface area contributed by atoms with Crippen molar-refractivity contribution in [1.82, 2.24) is 4.90 Å². The number of ether oxygens (including phenoxy) is 2. The molecule has 148 valence electrons. The lowest BCUT2D eigenvalue weighted by atomic mass is 10.0. The molecule has 0 radical (unpaired) electrons. The minimum absolute atomic E-state index is 0.0389. The van der Waals surface area contributed by atoms with Crippen LogP contribution in [0.4, 0.5) is 5.69 Å². The third kappa shape index (κ3) is 4.51. The highest BCUT2D eigenvalue weighted by molar-refractivity contribution is 6.00. The number of nitrogens with one attached hydrogen (secondary N) is 1. The Balaban J connectivity index is 1.76. The Bertz CT molecular complexity index is 820. The monoisotopic (exact) mass is 382 g/mol. The Morgan fingerprint density at radius 2 is 1.86 bits per heavy atom. The molecule has 1 aliphatic rings. The summed E-state index contributed by atoms with van der Waals surface area (Å²) in [5, 5.41) is 3.03. The zero-order valence-electron chi connectivity index (χ0n) is 16.3. The minimum atomic E-state index is -0.437. The van der Waals surface area contributed by atoms with E-state index in [1.165, 1.54) is 0 Å². The normalized spacial score (nSPS) is 16.1. The van der Waals surface area contributed by atoms with Crippen molar-refractivity contribution in [3.8, 4) is 16.9 Å². The third-order valence-corrected chi connectivity index (χ3v) is 4.98. The lowest BCUT2D eigenvalue weighted by molar-refractivity contribution is -0.137. The van der Waals surface area contributed by atoms with Gasteiger partial charge >= 0.3 is 0 Å². The highest BCUT2D eigenvalue weighted by Gasteiger charge is 2.33. The van der Waals surface area contributed by atoms with Gasteiger partial charge in [-0.05, 0) is 36.6 Å². The van der Waals surface area contributed by atoms with Gasteiger partial charge in [0.25, 0.3) is 0 Å². The van der Waals surface area contributed by atoms with E-state index in [4.69, 9.17) is 9.47 Å². The Hall–Kier alpha value is -2.86. The van der Waals surface area contributed by atoms with Crippen molar-refractivity contribution in [3.63, 3.8) is 0 Å². The topological polar surface area (TPSA) is 67.9 Å². The number of likely N-dealkylation sites (tertiary alicyclic amines) is 1. The predicted octanol–water partition coefficient (Wildman–Crippen LogP) is 3.33. The molecule has 6 nitrogen and oxygen atoms in total. The van der Waals surface area contributed by atoms with E-state index < -0.39 is 6.04 Å². The molecule has 0 unspecified atom stereocenters. The molecule has 0 saturated carbocycles. The van der Waals surface area contributed by atoms with Crippen molar-refractivity contribution in [2.24, 2.45) is 0 Å². The van der Waals surface area contributed by atoms with Crippen LogP contribution in [-0.2, 0) is 14.3 Å². The summed E-state index contributed by atoms with van der Waals surface area (Å²) in [5.74, 6) is 0.591. The number of hydrogen-bond donors (Lipinski definition) is 1. The number of nitrogens with zero attached hydrogens (tertiary/aromatic N) is 1. The zero-order chi connectivity index (χ0) is 19.9. The molecule has 1 N–H and O–H groups in total. The molecule has 0 aliphatic carbocycles. The van der Waals surface area contributed by atoms with E-state index in [0.717, 1.165) is 29.0 Å². The minimum Gasteiger partial charge on any atom is -0.497 e. The predicted molar refractivity (Wildman–Crippen MR) is 108 cm³/mol. The van der Waals surface area contributed by atoms with Crippen LogP contribution in [0.2, 0.25) is 0 Å². The second kappa shape index (κ2) is 9.37. The van der Waals surface area contributed by atoms with Crippen molar-refractivity contribution >= 4 is 17.5 Å².